The molecule has 0 saturated heterocycles. The van der Waals surface area contributed by atoms with E-state index in [1.807, 2.05) is 53.9 Å². The van der Waals surface area contributed by atoms with Crippen molar-refractivity contribution in [3.63, 3.8) is 0 Å². The molecule has 142 valence electrons. The Morgan fingerprint density at radius 2 is 2.07 bits per heavy atom. The molecular weight excluding hydrogens is 374 g/mol. The lowest BCUT2D eigenvalue weighted by Gasteiger charge is -2.06. The van der Waals surface area contributed by atoms with Crippen molar-refractivity contribution in [1.82, 2.24) is 10.3 Å². The lowest BCUT2D eigenvalue weighted by molar-refractivity contribution is -0.121. The molecule has 0 radical (unpaired) electrons. The van der Waals surface area contributed by atoms with E-state index in [4.69, 9.17) is 4.74 Å². The van der Waals surface area contributed by atoms with E-state index in [1.54, 1.807) is 0 Å². The molecule has 2 aromatic carbocycles. The Morgan fingerprint density at radius 3 is 2.93 bits per heavy atom. The first-order valence-corrected chi connectivity index (χ1v) is 9.87. The highest BCUT2D eigenvalue weighted by molar-refractivity contribution is 7.09. The van der Waals surface area contributed by atoms with Crippen molar-refractivity contribution < 1.29 is 14.3 Å². The van der Waals surface area contributed by atoms with Crippen LogP contribution in [0.15, 0.2) is 53.9 Å². The van der Waals surface area contributed by atoms with Gasteiger partial charge in [0, 0.05) is 16.6 Å². The maximum atomic E-state index is 12.0. The van der Waals surface area contributed by atoms with Gasteiger partial charge in [-0.15, -0.1) is 11.3 Å². The van der Waals surface area contributed by atoms with Crippen molar-refractivity contribution in [2.24, 2.45) is 0 Å². The summed E-state index contributed by atoms with van der Waals surface area (Å²) in [6, 6.07) is 15.3. The third-order valence-electron chi connectivity index (χ3n) is 4.36. The van der Waals surface area contributed by atoms with Gasteiger partial charge in [-0.1, -0.05) is 24.3 Å². The molecule has 7 heteroatoms. The SMILES string of the molecule is O=C(CCOc1ccccc1)NCc1nc(-c2ccc3c(c2)CC(=O)N3)cs1. The molecule has 0 aliphatic carbocycles. The van der Waals surface area contributed by atoms with E-state index in [2.05, 4.69) is 15.6 Å². The number of carbonyl (C=O) groups excluding carboxylic acids is 2. The summed E-state index contributed by atoms with van der Waals surface area (Å²) < 4.78 is 5.53. The highest BCUT2D eigenvalue weighted by Crippen LogP contribution is 2.29. The van der Waals surface area contributed by atoms with Gasteiger partial charge in [-0.25, -0.2) is 4.98 Å². The molecule has 0 unspecified atom stereocenters. The zero-order chi connectivity index (χ0) is 19.3. The summed E-state index contributed by atoms with van der Waals surface area (Å²) in [6.07, 6.45) is 0.695. The summed E-state index contributed by atoms with van der Waals surface area (Å²) in [4.78, 5) is 28.1. The molecule has 0 bridgehead atoms. The molecule has 0 saturated carbocycles. The number of hydrogen-bond donors (Lipinski definition) is 2. The van der Waals surface area contributed by atoms with Gasteiger partial charge in [0.25, 0.3) is 0 Å². The Hall–Kier alpha value is -3.19. The summed E-state index contributed by atoms with van der Waals surface area (Å²) >= 11 is 1.50. The molecule has 3 aromatic rings. The summed E-state index contributed by atoms with van der Waals surface area (Å²) in [7, 11) is 0. The normalized spacial score (nSPS) is 12.4. The predicted molar refractivity (Wildman–Crippen MR) is 108 cm³/mol. The number of ether oxygens (including phenoxy) is 1. The number of nitrogens with zero attached hydrogens (tertiary/aromatic N) is 1. The van der Waals surface area contributed by atoms with E-state index < -0.39 is 0 Å². The van der Waals surface area contributed by atoms with Gasteiger partial charge in [-0.3, -0.25) is 9.59 Å². The zero-order valence-electron chi connectivity index (χ0n) is 15.1. The van der Waals surface area contributed by atoms with Gasteiger partial charge in [0.1, 0.15) is 10.8 Å². The monoisotopic (exact) mass is 393 g/mol. The number of nitrogens with one attached hydrogen (secondary N) is 2. The van der Waals surface area contributed by atoms with E-state index in [9.17, 15) is 9.59 Å². The summed E-state index contributed by atoms with van der Waals surface area (Å²) in [5.74, 6) is 0.700. The van der Waals surface area contributed by atoms with Crippen molar-refractivity contribution in [3.05, 3.63) is 64.5 Å². The molecule has 1 aliphatic heterocycles. The fraction of sp³-hybridized carbons (Fsp3) is 0.190. The lowest BCUT2D eigenvalue weighted by Crippen LogP contribution is -2.24. The van der Waals surface area contributed by atoms with E-state index in [0.717, 1.165) is 33.3 Å². The second-order valence-electron chi connectivity index (χ2n) is 6.41. The minimum atomic E-state index is -0.0743. The van der Waals surface area contributed by atoms with Gasteiger partial charge >= 0.3 is 0 Å². The topological polar surface area (TPSA) is 80.3 Å². The van der Waals surface area contributed by atoms with Gasteiger partial charge in [0.05, 0.1) is 31.7 Å². The Kier molecular flexibility index (Phi) is 5.34. The number of fused-ring (bicyclic) bond motifs is 1. The van der Waals surface area contributed by atoms with Gasteiger partial charge in [-0.05, 0) is 29.8 Å². The van der Waals surface area contributed by atoms with Crippen molar-refractivity contribution in [1.29, 1.82) is 0 Å². The van der Waals surface area contributed by atoms with Crippen LogP contribution in [0.4, 0.5) is 5.69 Å². The molecule has 2 heterocycles. The summed E-state index contributed by atoms with van der Waals surface area (Å²) in [6.45, 7) is 0.723. The molecule has 0 fully saturated rings. The molecule has 1 aliphatic rings. The smallest absolute Gasteiger partial charge is 0.228 e. The van der Waals surface area contributed by atoms with Crippen molar-refractivity contribution in [2.75, 3.05) is 11.9 Å². The van der Waals surface area contributed by atoms with E-state index in [1.165, 1.54) is 11.3 Å². The number of carbonyl (C=O) groups is 2. The first-order valence-electron chi connectivity index (χ1n) is 8.99. The minimum absolute atomic E-state index is 0.0186. The van der Waals surface area contributed by atoms with Gasteiger partial charge in [0.15, 0.2) is 0 Å². The summed E-state index contributed by atoms with van der Waals surface area (Å²) in [5, 5.41) is 8.50. The molecule has 4 rings (SSSR count). The first-order chi connectivity index (χ1) is 13.7. The van der Waals surface area contributed by atoms with Crippen LogP contribution in [-0.2, 0) is 22.6 Å². The lowest BCUT2D eigenvalue weighted by atomic mass is 10.1. The Morgan fingerprint density at radius 1 is 1.21 bits per heavy atom. The van der Waals surface area contributed by atoms with E-state index in [0.29, 0.717) is 26.0 Å². The predicted octanol–water partition coefficient (Wildman–Crippen LogP) is 3.39. The number of rotatable bonds is 7. The van der Waals surface area contributed by atoms with Crippen molar-refractivity contribution in [2.45, 2.75) is 19.4 Å². The number of hydrogen-bond acceptors (Lipinski definition) is 5. The molecule has 28 heavy (non-hydrogen) atoms. The number of aromatic nitrogens is 1. The van der Waals surface area contributed by atoms with Crippen LogP contribution in [0.2, 0.25) is 0 Å². The second-order valence-corrected chi connectivity index (χ2v) is 7.35. The molecular formula is C21H19N3O3S. The third kappa shape index (κ3) is 4.37. The molecule has 1 aromatic heterocycles. The fourth-order valence-corrected chi connectivity index (χ4v) is 3.70. The molecule has 0 atom stereocenters. The van der Waals surface area contributed by atoms with Gasteiger partial charge in [-0.2, -0.15) is 0 Å². The quantitative estimate of drug-likeness (QED) is 0.645. The number of amides is 2. The Bertz CT molecular complexity index is 1000. The first kappa shape index (κ1) is 18.2. The van der Waals surface area contributed by atoms with Gasteiger partial charge < -0.3 is 15.4 Å². The van der Waals surface area contributed by atoms with Crippen LogP contribution in [0.5, 0.6) is 5.75 Å². The highest BCUT2D eigenvalue weighted by atomic mass is 32.1. The van der Waals surface area contributed by atoms with Gasteiger partial charge in [0.2, 0.25) is 11.8 Å². The zero-order valence-corrected chi connectivity index (χ0v) is 15.9. The molecule has 0 spiro atoms. The molecule has 2 N–H and O–H groups in total. The molecule has 6 nitrogen and oxygen atoms in total. The molecule has 2 amide bonds. The average Bonchev–Trinajstić information content (AvgIpc) is 3.32. The third-order valence-corrected chi connectivity index (χ3v) is 5.20. The maximum Gasteiger partial charge on any atom is 0.228 e. The Balaban J connectivity index is 1.27. The average molecular weight is 393 g/mol. The van der Waals surface area contributed by atoms with E-state index in [-0.39, 0.29) is 11.8 Å². The van der Waals surface area contributed by atoms with E-state index >= 15 is 0 Å². The van der Waals surface area contributed by atoms with Crippen LogP contribution in [-0.4, -0.2) is 23.4 Å². The summed E-state index contributed by atoms with van der Waals surface area (Å²) in [5.41, 5.74) is 3.68. The minimum Gasteiger partial charge on any atom is -0.493 e. The van der Waals surface area contributed by atoms with Crippen LogP contribution >= 0.6 is 11.3 Å². The maximum absolute atomic E-state index is 12.0. The standard InChI is InChI=1S/C21H19N3O3S/c25-19(8-9-27-16-4-2-1-3-5-16)22-12-21-24-18(13-28-21)14-6-7-17-15(10-14)11-20(26)23-17/h1-7,10,13H,8-9,11-12H2,(H,22,25)(H,23,26). The fourth-order valence-electron chi connectivity index (χ4n) is 2.95. The number of benzene rings is 2. The van der Waals surface area contributed by atoms with Crippen LogP contribution in [0.25, 0.3) is 11.3 Å². The largest absolute Gasteiger partial charge is 0.493 e. The highest BCUT2D eigenvalue weighted by Gasteiger charge is 2.18. The van der Waals surface area contributed by atoms with Crippen molar-refractivity contribution in [3.8, 4) is 17.0 Å². The second kappa shape index (κ2) is 8.22. The Labute approximate surface area is 166 Å². The van der Waals surface area contributed by atoms with Crippen LogP contribution in [0.3, 0.4) is 0 Å². The van der Waals surface area contributed by atoms with Crippen LogP contribution in [0.1, 0.15) is 17.0 Å². The number of anilines is 1. The van der Waals surface area contributed by atoms with Crippen molar-refractivity contribution >= 4 is 28.8 Å². The number of thiazole rings is 1. The van der Waals surface area contributed by atoms with Crippen LogP contribution < -0.4 is 15.4 Å². The van der Waals surface area contributed by atoms with Crippen LogP contribution in [0, 0.1) is 0 Å². The number of para-hydroxylation sites is 1.